The Morgan fingerprint density at radius 2 is 0.680 bits per heavy atom. The molecule has 0 bridgehead atoms. The Labute approximate surface area is 466 Å². The lowest BCUT2D eigenvalue weighted by Gasteiger charge is -2.24. The number of phosphoric ester groups is 1. The molecular formula is C65H129NO8P+. The van der Waals surface area contributed by atoms with Crippen molar-refractivity contribution in [3.63, 3.8) is 0 Å². The van der Waals surface area contributed by atoms with Crippen molar-refractivity contribution >= 4 is 19.8 Å². The van der Waals surface area contributed by atoms with Gasteiger partial charge in [0.25, 0.3) is 0 Å². The van der Waals surface area contributed by atoms with Gasteiger partial charge in [0, 0.05) is 12.8 Å². The van der Waals surface area contributed by atoms with E-state index in [1.807, 2.05) is 21.1 Å². The van der Waals surface area contributed by atoms with Gasteiger partial charge in [0.05, 0.1) is 27.7 Å². The second-order valence-electron chi connectivity index (χ2n) is 23.9. The van der Waals surface area contributed by atoms with Crippen LogP contribution in [0.4, 0.5) is 0 Å². The van der Waals surface area contributed by atoms with Gasteiger partial charge in [-0.05, 0) is 38.5 Å². The van der Waals surface area contributed by atoms with Gasteiger partial charge in [0.1, 0.15) is 19.8 Å². The Hall–Kier alpha value is -1.25. The summed E-state index contributed by atoms with van der Waals surface area (Å²) in [6.45, 7) is 4.49. The van der Waals surface area contributed by atoms with Gasteiger partial charge in [-0.15, -0.1) is 0 Å². The normalized spacial score (nSPS) is 13.2. The molecule has 2 unspecified atom stereocenters. The highest BCUT2D eigenvalue weighted by Crippen LogP contribution is 2.43. The lowest BCUT2D eigenvalue weighted by molar-refractivity contribution is -0.870. The molecule has 0 spiro atoms. The summed E-state index contributed by atoms with van der Waals surface area (Å²) in [5.41, 5.74) is 0. The molecule has 0 radical (unpaired) electrons. The van der Waals surface area contributed by atoms with Crippen LogP contribution in [0.25, 0.3) is 0 Å². The Bertz CT molecular complexity index is 1270. The third kappa shape index (κ3) is 61.8. The van der Waals surface area contributed by atoms with E-state index in [1.165, 1.54) is 263 Å². The maximum atomic E-state index is 12.8. The van der Waals surface area contributed by atoms with Gasteiger partial charge in [-0.3, -0.25) is 18.6 Å². The van der Waals surface area contributed by atoms with Crippen molar-refractivity contribution < 1.29 is 42.1 Å². The van der Waals surface area contributed by atoms with Crippen LogP contribution in [0.2, 0.25) is 0 Å². The van der Waals surface area contributed by atoms with Crippen LogP contribution in [0.1, 0.15) is 341 Å². The van der Waals surface area contributed by atoms with Gasteiger partial charge in [0.15, 0.2) is 6.10 Å². The van der Waals surface area contributed by atoms with E-state index in [0.29, 0.717) is 23.9 Å². The predicted octanol–water partition coefficient (Wildman–Crippen LogP) is 20.8. The van der Waals surface area contributed by atoms with Crippen LogP contribution in [-0.2, 0) is 32.7 Å². The summed E-state index contributed by atoms with van der Waals surface area (Å²) in [5, 5.41) is 0. The van der Waals surface area contributed by atoms with E-state index in [0.717, 1.165) is 44.9 Å². The zero-order valence-electron chi connectivity index (χ0n) is 50.8. The summed E-state index contributed by atoms with van der Waals surface area (Å²) in [4.78, 5) is 35.7. The molecule has 0 aromatic carbocycles. The van der Waals surface area contributed by atoms with Crippen molar-refractivity contribution in [2.24, 2.45) is 0 Å². The lowest BCUT2D eigenvalue weighted by Crippen LogP contribution is -2.37. The summed E-state index contributed by atoms with van der Waals surface area (Å²) in [7, 11) is 1.49. The molecule has 1 N–H and O–H groups in total. The number of likely N-dealkylation sites (N-methyl/N-ethyl adjacent to an activating group) is 1. The topological polar surface area (TPSA) is 108 Å². The monoisotopic (exact) mass is 1080 g/mol. The fraction of sp³-hybridized carbons (Fsp3) is 0.938. The minimum Gasteiger partial charge on any atom is -0.462 e. The molecule has 0 saturated carbocycles. The number of unbranched alkanes of at least 4 members (excludes halogenated alkanes) is 46. The summed E-state index contributed by atoms with van der Waals surface area (Å²) < 4.78 is 34.6. The fourth-order valence-electron chi connectivity index (χ4n) is 9.96. The summed E-state index contributed by atoms with van der Waals surface area (Å²) in [5.74, 6) is -0.782. The number of rotatable bonds is 62. The quantitative estimate of drug-likeness (QED) is 0.0211. The predicted molar refractivity (Wildman–Crippen MR) is 321 cm³/mol. The van der Waals surface area contributed by atoms with Gasteiger partial charge >= 0.3 is 19.8 Å². The number of phosphoric acid groups is 1. The van der Waals surface area contributed by atoms with Crippen LogP contribution in [0.5, 0.6) is 0 Å². The van der Waals surface area contributed by atoms with Crippen LogP contribution in [-0.4, -0.2) is 74.9 Å². The molecule has 0 aliphatic rings. The number of hydrogen-bond acceptors (Lipinski definition) is 7. The van der Waals surface area contributed by atoms with Crippen molar-refractivity contribution in [1.29, 1.82) is 0 Å². The maximum Gasteiger partial charge on any atom is 0.472 e. The molecule has 0 aliphatic heterocycles. The first-order valence-electron chi connectivity index (χ1n) is 32.9. The molecule has 0 aliphatic carbocycles. The van der Waals surface area contributed by atoms with Crippen molar-refractivity contribution in [3.05, 3.63) is 12.2 Å². The van der Waals surface area contributed by atoms with E-state index in [2.05, 4.69) is 26.0 Å². The number of carbonyl (C=O) groups is 2. The summed E-state index contributed by atoms with van der Waals surface area (Å²) in [6.07, 6.45) is 68.9. The minimum absolute atomic E-state index is 0.0346. The van der Waals surface area contributed by atoms with E-state index in [1.54, 1.807) is 0 Å². The number of ether oxygens (including phenoxy) is 2. The molecule has 446 valence electrons. The molecule has 0 heterocycles. The maximum absolute atomic E-state index is 12.8. The molecule has 0 aromatic rings. The lowest BCUT2D eigenvalue weighted by atomic mass is 10.0. The third-order valence-corrected chi connectivity index (χ3v) is 16.0. The van der Waals surface area contributed by atoms with Crippen LogP contribution < -0.4 is 0 Å². The van der Waals surface area contributed by atoms with Gasteiger partial charge in [-0.25, -0.2) is 4.57 Å². The number of allylic oxidation sites excluding steroid dienone is 2. The van der Waals surface area contributed by atoms with E-state index in [-0.39, 0.29) is 25.6 Å². The van der Waals surface area contributed by atoms with Crippen LogP contribution >= 0.6 is 7.82 Å². The molecule has 75 heavy (non-hydrogen) atoms. The number of hydrogen-bond donors (Lipinski definition) is 1. The Kier molecular flexibility index (Phi) is 56.5. The highest BCUT2D eigenvalue weighted by molar-refractivity contribution is 7.47. The second-order valence-corrected chi connectivity index (χ2v) is 25.3. The number of esters is 2. The van der Waals surface area contributed by atoms with Crippen molar-refractivity contribution in [2.45, 2.75) is 347 Å². The number of nitrogens with zero attached hydrogens (tertiary/aromatic N) is 1. The average Bonchev–Trinajstić information content (AvgIpc) is 3.37. The molecule has 10 heteroatoms. The molecular weight excluding hydrogens is 954 g/mol. The molecule has 0 aromatic heterocycles. The van der Waals surface area contributed by atoms with E-state index >= 15 is 0 Å². The first-order chi connectivity index (χ1) is 36.5. The van der Waals surface area contributed by atoms with E-state index in [4.69, 9.17) is 18.5 Å². The van der Waals surface area contributed by atoms with Gasteiger partial charge in [-0.2, -0.15) is 0 Å². The van der Waals surface area contributed by atoms with Crippen molar-refractivity contribution in [1.82, 2.24) is 0 Å². The first kappa shape index (κ1) is 73.8. The van der Waals surface area contributed by atoms with Crippen LogP contribution in [0.15, 0.2) is 12.2 Å². The van der Waals surface area contributed by atoms with Gasteiger partial charge < -0.3 is 18.9 Å². The Balaban J connectivity index is 3.95. The fourth-order valence-corrected chi connectivity index (χ4v) is 10.7. The SMILES string of the molecule is CCCCCCCCC/C=C\CCCCCCCCCC(=O)OC(COC(=O)CCCCCCCCCCCCCCCCCCCCCCCCCCCCCCCCCCC)COP(=O)(O)OCC[N+](C)(C)C. The van der Waals surface area contributed by atoms with Crippen LogP contribution in [0, 0.1) is 0 Å². The molecule has 9 nitrogen and oxygen atoms in total. The number of quaternary nitrogens is 1. The van der Waals surface area contributed by atoms with Crippen molar-refractivity contribution in [2.75, 3.05) is 47.5 Å². The molecule has 0 rings (SSSR count). The van der Waals surface area contributed by atoms with Crippen LogP contribution in [0.3, 0.4) is 0 Å². The first-order valence-corrected chi connectivity index (χ1v) is 34.4. The molecule has 2 atom stereocenters. The summed E-state index contributed by atoms with van der Waals surface area (Å²) in [6, 6.07) is 0. The largest absolute Gasteiger partial charge is 0.472 e. The van der Waals surface area contributed by atoms with Crippen molar-refractivity contribution in [3.8, 4) is 0 Å². The molecule has 0 saturated heterocycles. The third-order valence-electron chi connectivity index (χ3n) is 15.0. The van der Waals surface area contributed by atoms with E-state index < -0.39 is 26.5 Å². The highest BCUT2D eigenvalue weighted by Gasteiger charge is 2.27. The zero-order valence-corrected chi connectivity index (χ0v) is 51.7. The van der Waals surface area contributed by atoms with Gasteiger partial charge in [-0.1, -0.05) is 302 Å². The smallest absolute Gasteiger partial charge is 0.462 e. The average molecular weight is 1080 g/mol. The summed E-state index contributed by atoms with van der Waals surface area (Å²) >= 11 is 0. The molecule has 0 amide bonds. The Morgan fingerprint density at radius 1 is 0.400 bits per heavy atom. The zero-order chi connectivity index (χ0) is 54.9. The highest BCUT2D eigenvalue weighted by atomic mass is 31.2. The molecule has 0 fully saturated rings. The Morgan fingerprint density at radius 3 is 0.987 bits per heavy atom. The van der Waals surface area contributed by atoms with E-state index in [9.17, 15) is 19.0 Å². The minimum atomic E-state index is -4.38. The second kappa shape index (κ2) is 57.4. The standard InChI is InChI=1S/C65H128NO8P/c1-6-8-10-12-14-16-18-20-22-24-26-27-28-29-30-31-32-33-34-35-36-37-38-39-40-42-43-45-47-49-51-53-55-57-64(67)71-61-63(62-73-75(69,70)72-60-59-66(3,4)5)74-65(68)58-56-54-52-50-48-46-44-41-25-23-21-19-17-15-13-11-9-7-2/h23,25,63H,6-22,24,26-62H2,1-5H3/p+1/b25-23-. The van der Waals surface area contributed by atoms with Gasteiger partial charge in [0.2, 0.25) is 0 Å². The number of carbonyl (C=O) groups excluding carboxylic acids is 2.